The van der Waals surface area contributed by atoms with Crippen LogP contribution in [-0.2, 0) is 0 Å². The Morgan fingerprint density at radius 1 is 0.857 bits per heavy atom. The van der Waals surface area contributed by atoms with Gasteiger partial charge in [0.05, 0.1) is 0 Å². The summed E-state index contributed by atoms with van der Waals surface area (Å²) in [5, 5.41) is 0. The largest absolute Gasteiger partial charge is 0.251 e. The Labute approximate surface area is 51.3 Å². The van der Waals surface area contributed by atoms with Crippen LogP contribution in [0.5, 0.6) is 0 Å². The monoisotopic (exact) mass is 114 g/mol. The van der Waals surface area contributed by atoms with Crippen molar-refractivity contribution in [3.8, 4) is 0 Å². The predicted molar refractivity (Wildman–Crippen MR) is 37.2 cm³/mol. The average molecular weight is 114 g/mol. The Hall–Kier alpha value is 0.532. The fourth-order valence-electron chi connectivity index (χ4n) is 0. The van der Waals surface area contributed by atoms with Gasteiger partial charge in [-0.2, -0.15) is 0 Å². The minimum absolute atomic E-state index is 0.139. The van der Waals surface area contributed by atoms with Gasteiger partial charge in [0.25, 0.3) is 14.1 Å². The van der Waals surface area contributed by atoms with Gasteiger partial charge in [-0.1, -0.05) is 19.3 Å². The Balaban J connectivity index is 0.000000105. The van der Waals surface area contributed by atoms with Crippen LogP contribution in [0.3, 0.4) is 0 Å². The van der Waals surface area contributed by atoms with E-state index in [9.17, 15) is 0 Å². The Bertz CT molecular complexity index is 25.7. The van der Waals surface area contributed by atoms with E-state index in [2.05, 4.69) is 17.4 Å². The molecule has 1 aliphatic carbocycles. The van der Waals surface area contributed by atoms with Crippen molar-refractivity contribution < 1.29 is 0 Å². The van der Waals surface area contributed by atoms with E-state index in [0.29, 0.717) is 0 Å². The van der Waals surface area contributed by atoms with Crippen molar-refractivity contribution in [1.82, 2.24) is 0 Å². The first-order chi connectivity index (χ1) is 3.23. The molecule has 0 amide bonds. The first-order valence-electron chi connectivity index (χ1n) is 3.23. The van der Waals surface area contributed by atoms with E-state index < -0.39 is 0 Å². The van der Waals surface area contributed by atoms with Gasteiger partial charge in [0.2, 0.25) is 0 Å². The smallest absolute Gasteiger partial charge is 0.106 e. The quantitative estimate of drug-likeness (QED) is 0.424. The summed E-state index contributed by atoms with van der Waals surface area (Å²) in [6, 6.07) is 0. The van der Waals surface area contributed by atoms with Crippen molar-refractivity contribution in [2.75, 3.05) is 0 Å². The lowest BCUT2D eigenvalue weighted by Gasteiger charge is -1.67. The minimum atomic E-state index is -0.139. The third-order valence-corrected chi connectivity index (χ3v) is 0.354. The maximum atomic E-state index is 2.31. The molecule has 1 saturated carbocycles. The molecule has 7 heavy (non-hydrogen) atoms. The summed E-state index contributed by atoms with van der Waals surface area (Å²) in [7, 11) is 0. The van der Waals surface area contributed by atoms with Crippen molar-refractivity contribution in [3.63, 3.8) is 0 Å². The number of hydrogen-bond donors (Lipinski definition) is 0. The van der Waals surface area contributed by atoms with Crippen LogP contribution in [0.2, 0.25) is 17.4 Å². The summed E-state index contributed by atoms with van der Waals surface area (Å²) < 4.78 is 0. The summed E-state index contributed by atoms with van der Waals surface area (Å²) in [4.78, 5) is 0. The molecule has 0 bridgehead atoms. The highest BCUT2D eigenvalue weighted by Gasteiger charge is 1.95. The highest BCUT2D eigenvalue weighted by Crippen LogP contribution is 2.14. The summed E-state index contributed by atoms with van der Waals surface area (Å²) >= 11 is -0.139. The van der Waals surface area contributed by atoms with Gasteiger partial charge in [-0.25, -0.2) is 0 Å². The van der Waals surface area contributed by atoms with Crippen LogP contribution in [0.4, 0.5) is 0 Å². The van der Waals surface area contributed by atoms with E-state index in [4.69, 9.17) is 0 Å². The summed E-state index contributed by atoms with van der Waals surface area (Å²) in [6.07, 6.45) is 4.50. The maximum absolute atomic E-state index is 2.31. The SMILES string of the molecule is C1CC1.[CH3][Al]([CH3])[CH3]. The van der Waals surface area contributed by atoms with Crippen LogP contribution in [-0.4, -0.2) is 14.1 Å². The molecule has 0 spiro atoms. The molecular weight excluding hydrogens is 99.0 g/mol. The van der Waals surface area contributed by atoms with Crippen molar-refractivity contribution in [2.24, 2.45) is 0 Å². The normalized spacial score (nSPS) is 14.1. The summed E-state index contributed by atoms with van der Waals surface area (Å²) in [5.41, 5.74) is 0. The zero-order valence-corrected chi connectivity index (χ0v) is 6.85. The third-order valence-electron chi connectivity index (χ3n) is 0.354. The number of rotatable bonds is 0. The molecule has 0 aromatic carbocycles. The molecule has 0 aromatic heterocycles. The first kappa shape index (κ1) is 7.53. The Morgan fingerprint density at radius 3 is 1.00 bits per heavy atom. The lowest BCUT2D eigenvalue weighted by molar-refractivity contribution is 1.50. The molecule has 0 unspecified atom stereocenters. The fraction of sp³-hybridized carbons (Fsp3) is 1.00. The number of hydrogen-bond acceptors (Lipinski definition) is 0. The van der Waals surface area contributed by atoms with Gasteiger partial charge in [0, 0.05) is 0 Å². The minimum Gasteiger partial charge on any atom is -0.106 e. The van der Waals surface area contributed by atoms with Gasteiger partial charge in [-0.05, 0) is 0 Å². The molecular formula is C6H15Al. The molecule has 1 rings (SSSR count). The first-order valence-corrected chi connectivity index (χ1v) is 6.70. The topological polar surface area (TPSA) is 0 Å². The highest BCUT2D eigenvalue weighted by atomic mass is 27.2. The molecule has 0 saturated heterocycles. The van der Waals surface area contributed by atoms with Crippen molar-refractivity contribution in [3.05, 3.63) is 0 Å². The molecule has 42 valence electrons. The van der Waals surface area contributed by atoms with E-state index in [-0.39, 0.29) is 14.1 Å². The van der Waals surface area contributed by atoms with Crippen molar-refractivity contribution in [2.45, 2.75) is 36.6 Å². The van der Waals surface area contributed by atoms with Gasteiger partial charge in [0.1, 0.15) is 0 Å². The van der Waals surface area contributed by atoms with Crippen molar-refractivity contribution >= 4 is 14.1 Å². The molecule has 0 N–H and O–H groups in total. The molecule has 1 heteroatoms. The van der Waals surface area contributed by atoms with E-state index in [1.165, 1.54) is 19.3 Å². The molecule has 0 aliphatic heterocycles. The average Bonchev–Trinajstić information content (AvgIpc) is 2.02. The molecule has 0 atom stereocenters. The zero-order valence-electron chi connectivity index (χ0n) is 5.70. The third kappa shape index (κ3) is 57.1. The second-order valence-corrected chi connectivity index (χ2v) is 6.26. The Morgan fingerprint density at radius 2 is 1.00 bits per heavy atom. The van der Waals surface area contributed by atoms with Crippen LogP contribution in [0.1, 0.15) is 19.3 Å². The van der Waals surface area contributed by atoms with E-state index in [0.717, 1.165) is 0 Å². The molecule has 0 heterocycles. The second kappa shape index (κ2) is 4.69. The van der Waals surface area contributed by atoms with Gasteiger partial charge < -0.3 is 0 Å². The summed E-state index contributed by atoms with van der Waals surface area (Å²) in [6.45, 7) is 0. The van der Waals surface area contributed by atoms with Gasteiger partial charge in [0.15, 0.2) is 0 Å². The van der Waals surface area contributed by atoms with Crippen LogP contribution >= 0.6 is 0 Å². The van der Waals surface area contributed by atoms with Gasteiger partial charge in [-0.3, -0.25) is 0 Å². The standard InChI is InChI=1S/C3H6.3CH3.Al/c1-2-3-1;;;;/h1-3H2;3*1H3;. The van der Waals surface area contributed by atoms with Crippen LogP contribution in [0.25, 0.3) is 0 Å². The van der Waals surface area contributed by atoms with Gasteiger partial charge >= 0.3 is 0 Å². The molecule has 0 aromatic rings. The summed E-state index contributed by atoms with van der Waals surface area (Å²) in [5.74, 6) is 6.92. The lowest BCUT2D eigenvalue weighted by Crippen LogP contribution is -1.84. The van der Waals surface area contributed by atoms with Crippen LogP contribution in [0.15, 0.2) is 0 Å². The highest BCUT2D eigenvalue weighted by molar-refractivity contribution is 6.54. The lowest BCUT2D eigenvalue weighted by atomic mass is 11.0. The van der Waals surface area contributed by atoms with E-state index in [1.807, 2.05) is 0 Å². The molecule has 0 nitrogen and oxygen atoms in total. The van der Waals surface area contributed by atoms with E-state index in [1.54, 1.807) is 0 Å². The van der Waals surface area contributed by atoms with Crippen LogP contribution < -0.4 is 0 Å². The second-order valence-electron chi connectivity index (χ2n) is 2.79. The zero-order chi connectivity index (χ0) is 5.70. The van der Waals surface area contributed by atoms with Gasteiger partial charge in [-0.15, -0.1) is 17.4 Å². The Kier molecular flexibility index (Phi) is 5.04. The van der Waals surface area contributed by atoms with Crippen molar-refractivity contribution in [1.29, 1.82) is 0 Å². The fourth-order valence-corrected chi connectivity index (χ4v) is 0. The van der Waals surface area contributed by atoms with Crippen LogP contribution in [0, 0.1) is 0 Å². The predicted octanol–water partition coefficient (Wildman–Crippen LogP) is 2.54. The maximum Gasteiger partial charge on any atom is 0.251 e. The molecule has 1 fully saturated rings. The molecule has 1 aliphatic rings. The molecule has 0 radical (unpaired) electrons. The van der Waals surface area contributed by atoms with E-state index >= 15 is 0 Å².